The van der Waals surface area contributed by atoms with Gasteiger partial charge in [-0.15, -0.1) is 0 Å². The highest BCUT2D eigenvalue weighted by atomic mass is 16.8. The lowest BCUT2D eigenvalue weighted by molar-refractivity contribution is -0.363. The van der Waals surface area contributed by atoms with Gasteiger partial charge >= 0.3 is 5.97 Å². The van der Waals surface area contributed by atoms with Gasteiger partial charge < -0.3 is 28.4 Å². The van der Waals surface area contributed by atoms with Gasteiger partial charge in [0.1, 0.15) is 12.2 Å². The van der Waals surface area contributed by atoms with Crippen LogP contribution in [-0.2, 0) is 39.8 Å². The largest absolute Gasteiger partial charge is 0.466 e. The average Bonchev–Trinajstić information content (AvgIpc) is 2.83. The predicted molar refractivity (Wildman–Crippen MR) is 129 cm³/mol. The van der Waals surface area contributed by atoms with Crippen molar-refractivity contribution < 1.29 is 33.2 Å². The number of ether oxygens (including phenoxy) is 6. The molecule has 0 bridgehead atoms. The molecule has 2 heterocycles. The van der Waals surface area contributed by atoms with E-state index in [4.69, 9.17) is 28.4 Å². The van der Waals surface area contributed by atoms with Gasteiger partial charge in [0, 0.05) is 17.9 Å². The van der Waals surface area contributed by atoms with Crippen LogP contribution in [0.15, 0.2) is 73.0 Å². The number of esters is 1. The molecule has 7 heteroatoms. The molecule has 2 aromatic rings. The molecule has 2 aliphatic rings. The summed E-state index contributed by atoms with van der Waals surface area (Å²) in [7, 11) is 0. The molecule has 35 heavy (non-hydrogen) atoms. The first kappa shape index (κ1) is 25.4. The molecule has 2 aromatic carbocycles. The van der Waals surface area contributed by atoms with Crippen LogP contribution >= 0.6 is 0 Å². The van der Waals surface area contributed by atoms with E-state index in [9.17, 15) is 4.79 Å². The van der Waals surface area contributed by atoms with Crippen molar-refractivity contribution >= 4 is 5.97 Å². The summed E-state index contributed by atoms with van der Waals surface area (Å²) in [4.78, 5) is 12.2. The molecule has 0 aliphatic carbocycles. The van der Waals surface area contributed by atoms with Gasteiger partial charge in [0.15, 0.2) is 18.5 Å². The van der Waals surface area contributed by atoms with Crippen LogP contribution in [0.2, 0.25) is 0 Å². The summed E-state index contributed by atoms with van der Waals surface area (Å²) in [6.45, 7) is 12.0. The molecular formula is C28H34O7. The van der Waals surface area contributed by atoms with E-state index in [1.807, 2.05) is 81.4 Å². The molecule has 0 unspecified atom stereocenters. The molecule has 0 spiro atoms. The van der Waals surface area contributed by atoms with E-state index in [2.05, 4.69) is 6.58 Å². The molecule has 4 rings (SSSR count). The molecule has 188 valence electrons. The first-order valence-corrected chi connectivity index (χ1v) is 11.9. The number of hydrogen-bond acceptors (Lipinski definition) is 7. The second kappa shape index (κ2) is 10.9. The van der Waals surface area contributed by atoms with Gasteiger partial charge in [0.05, 0.1) is 19.0 Å². The van der Waals surface area contributed by atoms with Crippen molar-refractivity contribution in [2.45, 2.75) is 71.3 Å². The smallest absolute Gasteiger partial charge is 0.303 e. The zero-order valence-electron chi connectivity index (χ0n) is 20.7. The summed E-state index contributed by atoms with van der Waals surface area (Å²) < 4.78 is 36.9. The lowest BCUT2D eigenvalue weighted by Crippen LogP contribution is -2.64. The molecular weight excluding hydrogens is 448 g/mol. The van der Waals surface area contributed by atoms with Crippen molar-refractivity contribution in [1.29, 1.82) is 0 Å². The third kappa shape index (κ3) is 6.30. The maximum atomic E-state index is 12.2. The standard InChI is InChI=1S/C28H34O7/c1-18(28(3,4)5)32-27-25(30-16-20-12-8-6-9-13-20)24(33-19(2)29)23-22(34-27)17-31-26(35-23)21-14-10-7-11-15-21/h6-15,22-27H,1,16-17H2,2-5H3/t22-,23-,24+,25-,26-,27+/m1/s1. The maximum Gasteiger partial charge on any atom is 0.303 e. The van der Waals surface area contributed by atoms with Gasteiger partial charge in [-0.2, -0.15) is 0 Å². The number of allylic oxidation sites excluding steroid dienone is 1. The molecule has 2 aliphatic heterocycles. The Morgan fingerprint density at radius 3 is 2.26 bits per heavy atom. The molecule has 0 aromatic heterocycles. The fourth-order valence-electron chi connectivity index (χ4n) is 4.01. The summed E-state index contributed by atoms with van der Waals surface area (Å²) in [6.07, 6.45) is -4.14. The van der Waals surface area contributed by atoms with Gasteiger partial charge in [-0.25, -0.2) is 0 Å². The van der Waals surface area contributed by atoms with E-state index in [1.54, 1.807) is 0 Å². The Morgan fingerprint density at radius 2 is 1.63 bits per heavy atom. The van der Waals surface area contributed by atoms with E-state index >= 15 is 0 Å². The second-order valence-corrected chi connectivity index (χ2v) is 9.85. The first-order valence-electron chi connectivity index (χ1n) is 11.9. The van der Waals surface area contributed by atoms with Crippen molar-refractivity contribution in [2.24, 2.45) is 5.41 Å². The third-order valence-corrected chi connectivity index (χ3v) is 6.04. The molecule has 2 fully saturated rings. The Balaban J connectivity index is 1.61. The Bertz CT molecular complexity index is 985. The topological polar surface area (TPSA) is 72.5 Å². The number of hydrogen-bond donors (Lipinski definition) is 0. The van der Waals surface area contributed by atoms with Gasteiger partial charge in [-0.1, -0.05) is 88.0 Å². The zero-order chi connectivity index (χ0) is 25.0. The van der Waals surface area contributed by atoms with Crippen LogP contribution in [0.25, 0.3) is 0 Å². The Hall–Kier alpha value is -2.71. The highest BCUT2D eigenvalue weighted by molar-refractivity contribution is 5.66. The third-order valence-electron chi connectivity index (χ3n) is 6.04. The predicted octanol–water partition coefficient (Wildman–Crippen LogP) is 4.92. The van der Waals surface area contributed by atoms with E-state index in [-0.39, 0.29) is 18.6 Å². The fourth-order valence-corrected chi connectivity index (χ4v) is 4.01. The van der Waals surface area contributed by atoms with Crippen molar-refractivity contribution in [3.63, 3.8) is 0 Å². The SMILES string of the molecule is C=C(O[C@H]1O[C@@H]2CO[C@@H](c3ccccc3)O[C@H]2[C@H](OC(C)=O)[C@H]1OCc1ccccc1)C(C)(C)C. The van der Waals surface area contributed by atoms with Crippen LogP contribution < -0.4 is 0 Å². The second-order valence-electron chi connectivity index (χ2n) is 9.85. The maximum absolute atomic E-state index is 12.2. The Labute approximate surface area is 206 Å². The quantitative estimate of drug-likeness (QED) is 0.410. The van der Waals surface area contributed by atoms with Gasteiger partial charge in [0.2, 0.25) is 6.29 Å². The Morgan fingerprint density at radius 1 is 0.971 bits per heavy atom. The zero-order valence-corrected chi connectivity index (χ0v) is 20.7. The number of carbonyl (C=O) groups excluding carboxylic acids is 1. The van der Waals surface area contributed by atoms with Crippen LogP contribution in [0.4, 0.5) is 0 Å². The summed E-state index contributed by atoms with van der Waals surface area (Å²) in [5, 5.41) is 0. The van der Waals surface area contributed by atoms with Crippen molar-refractivity contribution in [3.05, 3.63) is 84.1 Å². The van der Waals surface area contributed by atoms with Crippen LogP contribution in [0.3, 0.4) is 0 Å². The first-order chi connectivity index (χ1) is 16.7. The summed E-state index contributed by atoms with van der Waals surface area (Å²) in [6, 6.07) is 19.4. The number of benzene rings is 2. The highest BCUT2D eigenvalue weighted by Crippen LogP contribution is 2.38. The van der Waals surface area contributed by atoms with Crippen LogP contribution in [-0.4, -0.2) is 43.3 Å². The monoisotopic (exact) mass is 482 g/mol. The van der Waals surface area contributed by atoms with Gasteiger partial charge in [0.25, 0.3) is 0 Å². The van der Waals surface area contributed by atoms with Crippen molar-refractivity contribution in [3.8, 4) is 0 Å². The highest BCUT2D eigenvalue weighted by Gasteiger charge is 2.53. The number of fused-ring (bicyclic) bond motifs is 1. The normalized spacial score (nSPS) is 28.6. The minimum atomic E-state index is -0.864. The van der Waals surface area contributed by atoms with E-state index in [1.165, 1.54) is 6.92 Å². The molecule has 0 amide bonds. The lowest BCUT2D eigenvalue weighted by Gasteiger charge is -2.48. The van der Waals surface area contributed by atoms with Crippen LogP contribution in [0.5, 0.6) is 0 Å². The van der Waals surface area contributed by atoms with E-state index in [0.29, 0.717) is 5.76 Å². The van der Waals surface area contributed by atoms with Gasteiger partial charge in [-0.05, 0) is 5.56 Å². The lowest BCUT2D eigenvalue weighted by atomic mass is 9.94. The summed E-state index contributed by atoms with van der Waals surface area (Å²) in [5.41, 5.74) is 1.52. The average molecular weight is 483 g/mol. The molecule has 7 nitrogen and oxygen atoms in total. The Kier molecular flexibility index (Phi) is 7.91. The minimum Gasteiger partial charge on any atom is -0.466 e. The molecule has 0 radical (unpaired) electrons. The van der Waals surface area contributed by atoms with Crippen LogP contribution in [0.1, 0.15) is 45.1 Å². The number of carbonyl (C=O) groups is 1. The van der Waals surface area contributed by atoms with Gasteiger partial charge in [-0.3, -0.25) is 4.79 Å². The molecule has 0 saturated carbocycles. The number of rotatable bonds is 7. The molecule has 6 atom stereocenters. The minimum absolute atomic E-state index is 0.245. The summed E-state index contributed by atoms with van der Waals surface area (Å²) in [5.74, 6) is 0.0966. The van der Waals surface area contributed by atoms with Crippen molar-refractivity contribution in [1.82, 2.24) is 0 Å². The van der Waals surface area contributed by atoms with Crippen LogP contribution in [0, 0.1) is 5.41 Å². The fraction of sp³-hybridized carbons (Fsp3) is 0.464. The van der Waals surface area contributed by atoms with Crippen molar-refractivity contribution in [2.75, 3.05) is 6.61 Å². The van der Waals surface area contributed by atoms with E-state index in [0.717, 1.165) is 11.1 Å². The molecule has 0 N–H and O–H groups in total. The molecule has 2 saturated heterocycles. The summed E-state index contributed by atoms with van der Waals surface area (Å²) >= 11 is 0. The van der Waals surface area contributed by atoms with E-state index < -0.39 is 43.0 Å².